The first-order chi connectivity index (χ1) is 8.50. The minimum atomic E-state index is 0.127. The third kappa shape index (κ3) is 3.87. The zero-order valence-corrected chi connectivity index (χ0v) is 11.9. The van der Waals surface area contributed by atoms with Crippen LogP contribution in [0.3, 0.4) is 0 Å². The molecule has 0 saturated carbocycles. The largest absolute Gasteiger partial charge is 0.271 e. The predicted octanol–water partition coefficient (Wildman–Crippen LogP) is 3.29. The van der Waals surface area contributed by atoms with E-state index >= 15 is 0 Å². The van der Waals surface area contributed by atoms with E-state index in [0.29, 0.717) is 0 Å². The maximum Gasteiger partial charge on any atom is 0.0472 e. The van der Waals surface area contributed by atoms with Gasteiger partial charge in [0.05, 0.1) is 0 Å². The van der Waals surface area contributed by atoms with E-state index < -0.39 is 0 Å². The summed E-state index contributed by atoms with van der Waals surface area (Å²) in [4.78, 5) is 0. The van der Waals surface area contributed by atoms with Crippen molar-refractivity contribution in [1.82, 2.24) is 5.43 Å². The molecule has 98 valence electrons. The van der Waals surface area contributed by atoms with Gasteiger partial charge in [0, 0.05) is 12.5 Å². The van der Waals surface area contributed by atoms with E-state index in [2.05, 4.69) is 62.3 Å². The number of nitrogens with one attached hydrogen (secondary N) is 1. The molecule has 0 aliphatic heterocycles. The van der Waals surface area contributed by atoms with Gasteiger partial charge in [-0.1, -0.05) is 45.0 Å². The summed E-state index contributed by atoms with van der Waals surface area (Å²) < 4.78 is 0. The SMILES string of the molecule is CC#CCCC(NN)c1ccccc1C(C)(C)C. The molecule has 0 heterocycles. The lowest BCUT2D eigenvalue weighted by molar-refractivity contribution is 0.499. The summed E-state index contributed by atoms with van der Waals surface area (Å²) in [5.74, 6) is 11.7. The van der Waals surface area contributed by atoms with E-state index in [9.17, 15) is 0 Å². The molecule has 1 aromatic rings. The predicted molar refractivity (Wildman–Crippen MR) is 77.9 cm³/mol. The van der Waals surface area contributed by atoms with Crippen LogP contribution in [0.4, 0.5) is 0 Å². The molecule has 1 aromatic carbocycles. The van der Waals surface area contributed by atoms with Crippen LogP contribution in [0.2, 0.25) is 0 Å². The lowest BCUT2D eigenvalue weighted by Gasteiger charge is -2.27. The molecule has 0 bridgehead atoms. The fourth-order valence-electron chi connectivity index (χ4n) is 2.15. The van der Waals surface area contributed by atoms with Crippen molar-refractivity contribution >= 4 is 0 Å². The number of hydrogen-bond acceptors (Lipinski definition) is 2. The van der Waals surface area contributed by atoms with Crippen molar-refractivity contribution in [3.05, 3.63) is 35.4 Å². The molecular formula is C16H24N2. The number of rotatable bonds is 4. The third-order valence-corrected chi connectivity index (χ3v) is 3.08. The number of benzene rings is 1. The van der Waals surface area contributed by atoms with Gasteiger partial charge in [0.15, 0.2) is 0 Å². The van der Waals surface area contributed by atoms with Gasteiger partial charge < -0.3 is 0 Å². The Morgan fingerprint density at radius 2 is 1.94 bits per heavy atom. The molecule has 0 saturated heterocycles. The van der Waals surface area contributed by atoms with Gasteiger partial charge in [-0.2, -0.15) is 0 Å². The first-order valence-electron chi connectivity index (χ1n) is 6.46. The lowest BCUT2D eigenvalue weighted by atomic mass is 9.81. The minimum Gasteiger partial charge on any atom is -0.271 e. The second-order valence-electron chi connectivity index (χ2n) is 5.52. The van der Waals surface area contributed by atoms with Crippen LogP contribution >= 0.6 is 0 Å². The van der Waals surface area contributed by atoms with Gasteiger partial charge in [0.1, 0.15) is 0 Å². The Kier molecular flexibility index (Phi) is 5.40. The molecule has 18 heavy (non-hydrogen) atoms. The highest BCUT2D eigenvalue weighted by Crippen LogP contribution is 2.30. The van der Waals surface area contributed by atoms with Gasteiger partial charge in [-0.15, -0.1) is 11.8 Å². The fourth-order valence-corrected chi connectivity index (χ4v) is 2.15. The Morgan fingerprint density at radius 1 is 1.28 bits per heavy atom. The molecule has 0 amide bonds. The van der Waals surface area contributed by atoms with E-state index in [1.165, 1.54) is 11.1 Å². The van der Waals surface area contributed by atoms with Gasteiger partial charge >= 0.3 is 0 Å². The molecule has 1 atom stereocenters. The van der Waals surface area contributed by atoms with E-state index in [4.69, 9.17) is 5.84 Å². The molecule has 2 heteroatoms. The first-order valence-corrected chi connectivity index (χ1v) is 6.46. The monoisotopic (exact) mass is 244 g/mol. The van der Waals surface area contributed by atoms with Crippen LogP contribution in [0.1, 0.15) is 57.7 Å². The lowest BCUT2D eigenvalue weighted by Crippen LogP contribution is -2.30. The summed E-state index contributed by atoms with van der Waals surface area (Å²) >= 11 is 0. The van der Waals surface area contributed by atoms with Crippen LogP contribution in [0.25, 0.3) is 0 Å². The Bertz CT molecular complexity index is 432. The first kappa shape index (κ1) is 14.8. The topological polar surface area (TPSA) is 38.0 Å². The van der Waals surface area contributed by atoms with Crippen molar-refractivity contribution in [3.8, 4) is 11.8 Å². The van der Waals surface area contributed by atoms with Crippen molar-refractivity contribution in [2.75, 3.05) is 0 Å². The summed E-state index contributed by atoms with van der Waals surface area (Å²) in [5, 5.41) is 0. The van der Waals surface area contributed by atoms with Gasteiger partial charge in [0.25, 0.3) is 0 Å². The van der Waals surface area contributed by atoms with Gasteiger partial charge in [-0.05, 0) is 29.9 Å². The molecule has 0 aromatic heterocycles. The van der Waals surface area contributed by atoms with Crippen LogP contribution in [0.15, 0.2) is 24.3 Å². The Balaban J connectivity index is 3.00. The molecule has 0 spiro atoms. The summed E-state index contributed by atoms with van der Waals surface area (Å²) in [6, 6.07) is 8.67. The van der Waals surface area contributed by atoms with E-state index in [0.717, 1.165) is 12.8 Å². The second kappa shape index (κ2) is 6.58. The van der Waals surface area contributed by atoms with Crippen LogP contribution < -0.4 is 11.3 Å². The molecule has 3 N–H and O–H groups in total. The van der Waals surface area contributed by atoms with Crippen molar-refractivity contribution in [2.24, 2.45) is 5.84 Å². The maximum atomic E-state index is 5.70. The zero-order valence-electron chi connectivity index (χ0n) is 11.9. The Hall–Kier alpha value is -1.30. The number of hydrogen-bond donors (Lipinski definition) is 2. The van der Waals surface area contributed by atoms with E-state index in [1.807, 2.05) is 6.92 Å². The molecule has 1 rings (SSSR count). The van der Waals surface area contributed by atoms with E-state index in [-0.39, 0.29) is 11.5 Å². The smallest absolute Gasteiger partial charge is 0.0472 e. The molecule has 1 unspecified atom stereocenters. The molecule has 0 aliphatic rings. The van der Waals surface area contributed by atoms with Gasteiger partial charge in [-0.3, -0.25) is 11.3 Å². The highest BCUT2D eigenvalue weighted by atomic mass is 15.2. The van der Waals surface area contributed by atoms with Gasteiger partial charge in [0.2, 0.25) is 0 Å². The number of hydrazine groups is 1. The van der Waals surface area contributed by atoms with Crippen molar-refractivity contribution < 1.29 is 0 Å². The molecular weight excluding hydrogens is 220 g/mol. The third-order valence-electron chi connectivity index (χ3n) is 3.08. The molecule has 0 fully saturated rings. The summed E-state index contributed by atoms with van der Waals surface area (Å²) in [6.45, 7) is 8.55. The molecule has 0 aliphatic carbocycles. The zero-order chi connectivity index (χ0) is 13.6. The number of nitrogens with two attached hydrogens (primary N) is 1. The highest BCUT2D eigenvalue weighted by Gasteiger charge is 2.21. The fraction of sp³-hybridized carbons (Fsp3) is 0.500. The minimum absolute atomic E-state index is 0.127. The molecule has 0 radical (unpaired) electrons. The Morgan fingerprint density at radius 3 is 2.50 bits per heavy atom. The maximum absolute atomic E-state index is 5.70. The quantitative estimate of drug-likeness (QED) is 0.484. The average Bonchev–Trinajstić information content (AvgIpc) is 2.34. The highest BCUT2D eigenvalue weighted by molar-refractivity contribution is 5.35. The second-order valence-corrected chi connectivity index (χ2v) is 5.52. The summed E-state index contributed by atoms with van der Waals surface area (Å²) in [7, 11) is 0. The molecule has 2 nitrogen and oxygen atoms in total. The standard InChI is InChI=1S/C16H24N2/c1-5-6-7-12-15(18-17)13-10-8-9-11-14(13)16(2,3)4/h8-11,15,18H,7,12,17H2,1-4H3. The average molecular weight is 244 g/mol. The summed E-state index contributed by atoms with van der Waals surface area (Å²) in [5.41, 5.74) is 5.68. The Labute approximate surface area is 111 Å². The van der Waals surface area contributed by atoms with E-state index in [1.54, 1.807) is 0 Å². The van der Waals surface area contributed by atoms with Crippen LogP contribution in [-0.4, -0.2) is 0 Å². The van der Waals surface area contributed by atoms with Crippen LogP contribution in [0, 0.1) is 11.8 Å². The van der Waals surface area contributed by atoms with Crippen molar-refractivity contribution in [2.45, 2.75) is 52.0 Å². The normalized spacial score (nSPS) is 12.7. The van der Waals surface area contributed by atoms with Crippen LogP contribution in [-0.2, 0) is 5.41 Å². The van der Waals surface area contributed by atoms with Crippen molar-refractivity contribution in [3.63, 3.8) is 0 Å². The van der Waals surface area contributed by atoms with Crippen molar-refractivity contribution in [1.29, 1.82) is 0 Å². The van der Waals surface area contributed by atoms with Crippen LogP contribution in [0.5, 0.6) is 0 Å². The van der Waals surface area contributed by atoms with Gasteiger partial charge in [-0.25, -0.2) is 0 Å². The summed E-state index contributed by atoms with van der Waals surface area (Å²) in [6.07, 6.45) is 1.80.